The van der Waals surface area contributed by atoms with Crippen molar-refractivity contribution in [1.82, 2.24) is 5.32 Å². The van der Waals surface area contributed by atoms with Gasteiger partial charge in [-0.2, -0.15) is 0 Å². The number of ether oxygens (including phenoxy) is 3. The summed E-state index contributed by atoms with van der Waals surface area (Å²) in [6.07, 6.45) is 1.78. The number of carbonyl (C=O) groups is 2. The Labute approximate surface area is 234 Å². The molecule has 0 saturated heterocycles. The third-order valence-corrected chi connectivity index (χ3v) is 6.40. The molecule has 40 heavy (non-hydrogen) atoms. The Kier molecular flexibility index (Phi) is 10.1. The summed E-state index contributed by atoms with van der Waals surface area (Å²) >= 11 is 0. The average Bonchev–Trinajstić information content (AvgIpc) is 2.97. The van der Waals surface area contributed by atoms with Crippen LogP contribution in [-0.4, -0.2) is 55.9 Å². The lowest BCUT2D eigenvalue weighted by atomic mass is 9.98. The Balaban J connectivity index is 1.34. The second-order valence-corrected chi connectivity index (χ2v) is 9.36. The number of nitrogens with zero attached hydrogens (tertiary/aromatic N) is 1. The molecule has 0 aromatic heterocycles. The van der Waals surface area contributed by atoms with Crippen molar-refractivity contribution in [2.24, 2.45) is 5.73 Å². The van der Waals surface area contributed by atoms with E-state index < -0.39 is 12.0 Å². The number of rotatable bonds is 15. The minimum absolute atomic E-state index is 0.0206. The van der Waals surface area contributed by atoms with Crippen LogP contribution < -0.4 is 30.2 Å². The summed E-state index contributed by atoms with van der Waals surface area (Å²) in [7, 11) is 0. The minimum atomic E-state index is -0.757. The van der Waals surface area contributed by atoms with E-state index in [0.29, 0.717) is 74.2 Å². The molecule has 3 aromatic carbocycles. The number of benzene rings is 3. The smallest absolute Gasteiger partial charge is 0.248 e. The van der Waals surface area contributed by atoms with Gasteiger partial charge in [0.05, 0.1) is 12.2 Å². The molecule has 0 bridgehead atoms. The summed E-state index contributed by atoms with van der Waals surface area (Å²) in [6.45, 7) is 5.74. The molecule has 4 rings (SSSR count). The first-order chi connectivity index (χ1) is 19.5. The normalized spacial score (nSPS) is 13.3. The molecule has 1 aliphatic rings. The van der Waals surface area contributed by atoms with Crippen LogP contribution in [0.15, 0.2) is 79.4 Å². The third-order valence-electron chi connectivity index (χ3n) is 6.40. The lowest BCUT2D eigenvalue weighted by molar-refractivity contribution is -0.119. The number of anilines is 1. The second-order valence-electron chi connectivity index (χ2n) is 9.36. The average molecular weight is 546 g/mol. The van der Waals surface area contributed by atoms with Crippen LogP contribution in [0.25, 0.3) is 0 Å². The second kappa shape index (κ2) is 14.2. The van der Waals surface area contributed by atoms with Crippen LogP contribution in [-0.2, 0) is 17.8 Å². The summed E-state index contributed by atoms with van der Waals surface area (Å²) in [4.78, 5) is 25.9. The van der Waals surface area contributed by atoms with E-state index >= 15 is 0 Å². The highest BCUT2D eigenvalue weighted by Gasteiger charge is 2.30. The molecule has 9 heteroatoms. The number of aliphatic hydroxyl groups excluding tert-OH is 1. The quantitative estimate of drug-likeness (QED) is 0.198. The van der Waals surface area contributed by atoms with Gasteiger partial charge in [-0.1, -0.05) is 43.0 Å². The Bertz CT molecular complexity index is 1300. The summed E-state index contributed by atoms with van der Waals surface area (Å²) in [5, 5.41) is 13.6. The molecule has 0 radical (unpaired) electrons. The Morgan fingerprint density at radius 1 is 1.02 bits per heavy atom. The molecule has 0 spiro atoms. The van der Waals surface area contributed by atoms with Gasteiger partial charge < -0.3 is 35.3 Å². The van der Waals surface area contributed by atoms with Gasteiger partial charge in [0.1, 0.15) is 43.2 Å². The maximum atomic E-state index is 13.0. The number of aliphatic hydroxyl groups is 1. The van der Waals surface area contributed by atoms with E-state index in [0.717, 1.165) is 11.1 Å². The van der Waals surface area contributed by atoms with Crippen LogP contribution in [0.5, 0.6) is 17.2 Å². The van der Waals surface area contributed by atoms with E-state index in [4.69, 9.17) is 19.9 Å². The monoisotopic (exact) mass is 545 g/mol. The van der Waals surface area contributed by atoms with Gasteiger partial charge >= 0.3 is 0 Å². The largest absolute Gasteiger partial charge is 0.492 e. The number of primary amides is 1. The van der Waals surface area contributed by atoms with E-state index in [9.17, 15) is 14.7 Å². The number of amides is 2. The number of hydrogen-bond acceptors (Lipinski definition) is 7. The van der Waals surface area contributed by atoms with Crippen molar-refractivity contribution < 1.29 is 28.9 Å². The fraction of sp³-hybridized carbons (Fsp3) is 0.290. The molecular weight excluding hydrogens is 510 g/mol. The molecule has 0 fully saturated rings. The van der Waals surface area contributed by atoms with Crippen LogP contribution in [0.3, 0.4) is 0 Å². The molecule has 1 unspecified atom stereocenters. The Morgan fingerprint density at radius 3 is 2.50 bits per heavy atom. The molecule has 0 aliphatic carbocycles. The molecular formula is C31H35N3O6. The molecule has 4 N–H and O–H groups in total. The third kappa shape index (κ3) is 7.62. The Morgan fingerprint density at radius 2 is 1.77 bits per heavy atom. The van der Waals surface area contributed by atoms with Crippen LogP contribution >= 0.6 is 0 Å². The van der Waals surface area contributed by atoms with Crippen molar-refractivity contribution in [1.29, 1.82) is 0 Å². The molecule has 1 heterocycles. The van der Waals surface area contributed by atoms with Crippen molar-refractivity contribution in [3.05, 3.63) is 96.1 Å². The van der Waals surface area contributed by atoms with Gasteiger partial charge in [0.25, 0.3) is 0 Å². The van der Waals surface area contributed by atoms with Crippen molar-refractivity contribution >= 4 is 17.5 Å². The lowest BCUT2D eigenvalue weighted by Gasteiger charge is -2.32. The van der Waals surface area contributed by atoms with Crippen molar-refractivity contribution in [3.63, 3.8) is 0 Å². The van der Waals surface area contributed by atoms with E-state index in [2.05, 4.69) is 11.9 Å². The first-order valence-electron chi connectivity index (χ1n) is 13.2. The zero-order valence-corrected chi connectivity index (χ0v) is 22.4. The number of nitrogens with two attached hydrogens (primary N) is 1. The topological polar surface area (TPSA) is 123 Å². The van der Waals surface area contributed by atoms with Crippen LogP contribution in [0.4, 0.5) is 5.69 Å². The van der Waals surface area contributed by atoms with Crippen LogP contribution in [0, 0.1) is 0 Å². The highest BCUT2D eigenvalue weighted by atomic mass is 16.5. The van der Waals surface area contributed by atoms with Crippen LogP contribution in [0.2, 0.25) is 0 Å². The molecule has 0 saturated carbocycles. The number of nitrogens with one attached hydrogen (secondary N) is 1. The Hall–Kier alpha value is -4.34. The standard InChI is InChI=1S/C31H35N3O6/c1-2-17-39-28-14-13-27(26-12-15-29(36)34(30(26)28)20-22-6-4-3-5-7-22)40-21-24(35)19-33-16-18-38-25-10-8-23(9-11-25)31(32)37/h2-11,13-14,24,33,35H,1,12,15-21H2,(H2,32,37). The molecule has 9 nitrogen and oxygen atoms in total. The summed E-state index contributed by atoms with van der Waals surface area (Å²) in [5.41, 5.74) is 8.26. The molecule has 3 aromatic rings. The van der Waals surface area contributed by atoms with Crippen molar-refractivity contribution in [2.45, 2.75) is 25.5 Å². The fourth-order valence-corrected chi connectivity index (χ4v) is 4.43. The highest BCUT2D eigenvalue weighted by Crippen LogP contribution is 2.43. The summed E-state index contributed by atoms with van der Waals surface area (Å²) < 4.78 is 17.6. The summed E-state index contributed by atoms with van der Waals surface area (Å²) in [5.74, 6) is 1.37. The first kappa shape index (κ1) is 28.7. The van der Waals surface area contributed by atoms with Gasteiger partial charge in [0.2, 0.25) is 11.8 Å². The highest BCUT2D eigenvalue weighted by molar-refractivity contribution is 5.98. The number of hydrogen-bond donors (Lipinski definition) is 3. The van der Waals surface area contributed by atoms with Gasteiger partial charge in [0, 0.05) is 30.6 Å². The SMILES string of the molecule is C=CCOc1ccc(OCC(O)CNCCOc2ccc(C(N)=O)cc2)c2c1N(Cc1ccccc1)C(=O)CC2. The molecule has 1 atom stereocenters. The van der Waals surface area contributed by atoms with E-state index in [-0.39, 0.29) is 12.5 Å². The maximum absolute atomic E-state index is 13.0. The summed E-state index contributed by atoms with van der Waals surface area (Å²) in [6, 6.07) is 20.0. The van der Waals surface area contributed by atoms with Crippen LogP contribution in [0.1, 0.15) is 27.9 Å². The van der Waals surface area contributed by atoms with Gasteiger partial charge in [-0.3, -0.25) is 9.59 Å². The van der Waals surface area contributed by atoms with Crippen molar-refractivity contribution in [3.8, 4) is 17.2 Å². The molecule has 210 valence electrons. The number of carbonyl (C=O) groups excluding carboxylic acids is 2. The lowest BCUT2D eigenvalue weighted by Crippen LogP contribution is -2.36. The van der Waals surface area contributed by atoms with Crippen molar-refractivity contribution in [2.75, 3.05) is 37.8 Å². The zero-order chi connectivity index (χ0) is 28.3. The van der Waals surface area contributed by atoms with Gasteiger partial charge in [0.15, 0.2) is 0 Å². The van der Waals surface area contributed by atoms with E-state index in [1.165, 1.54) is 0 Å². The zero-order valence-electron chi connectivity index (χ0n) is 22.4. The number of fused-ring (bicyclic) bond motifs is 1. The van der Waals surface area contributed by atoms with Gasteiger partial charge in [-0.05, 0) is 48.4 Å². The first-order valence-corrected chi connectivity index (χ1v) is 13.2. The predicted octanol–water partition coefficient (Wildman–Crippen LogP) is 3.24. The van der Waals surface area contributed by atoms with E-state index in [1.54, 1.807) is 41.3 Å². The van der Waals surface area contributed by atoms with E-state index in [1.807, 2.05) is 36.4 Å². The maximum Gasteiger partial charge on any atom is 0.248 e. The minimum Gasteiger partial charge on any atom is -0.492 e. The van der Waals surface area contributed by atoms with Gasteiger partial charge in [-0.25, -0.2) is 0 Å². The molecule has 1 aliphatic heterocycles. The fourth-order valence-electron chi connectivity index (χ4n) is 4.43. The molecule has 2 amide bonds. The van der Waals surface area contributed by atoms with Gasteiger partial charge in [-0.15, -0.1) is 0 Å². The predicted molar refractivity (Wildman–Crippen MR) is 153 cm³/mol.